The lowest BCUT2D eigenvalue weighted by Crippen LogP contribution is -2.27. The molecule has 0 atom stereocenters. The summed E-state index contributed by atoms with van der Waals surface area (Å²) in [4.78, 5) is 7.32. The van der Waals surface area contributed by atoms with Gasteiger partial charge in [-0.3, -0.25) is 9.88 Å². The van der Waals surface area contributed by atoms with E-state index in [0.29, 0.717) is 6.54 Å². The lowest BCUT2D eigenvalue weighted by atomic mass is 10.1. The summed E-state index contributed by atoms with van der Waals surface area (Å²) in [5.74, 6) is 0.959. The van der Waals surface area contributed by atoms with Crippen LogP contribution in [0.3, 0.4) is 0 Å². The highest BCUT2D eigenvalue weighted by atomic mass is 79.9. The maximum atomic E-state index is 4.91. The Morgan fingerprint density at radius 3 is 2.41 bits per heavy atom. The van der Waals surface area contributed by atoms with Crippen LogP contribution in [0.15, 0.2) is 102 Å². The number of hydrogen-bond donors (Lipinski definition) is 0. The van der Waals surface area contributed by atoms with E-state index in [4.69, 9.17) is 4.98 Å². The van der Waals surface area contributed by atoms with E-state index in [0.717, 1.165) is 52.9 Å². The second-order valence-corrected chi connectivity index (χ2v) is 9.36. The van der Waals surface area contributed by atoms with Crippen molar-refractivity contribution in [1.29, 1.82) is 0 Å². The number of halogens is 1. The summed E-state index contributed by atoms with van der Waals surface area (Å²) in [6.07, 6.45) is 2.77. The van der Waals surface area contributed by atoms with E-state index in [9.17, 15) is 0 Å². The van der Waals surface area contributed by atoms with E-state index in [1.54, 1.807) is 0 Å². The molecule has 2 heterocycles. The molecule has 5 nitrogen and oxygen atoms in total. The Labute approximate surface area is 208 Å². The molecule has 0 aliphatic rings. The molecule has 0 aliphatic carbocycles. The van der Waals surface area contributed by atoms with Gasteiger partial charge in [0.2, 0.25) is 0 Å². The summed E-state index contributed by atoms with van der Waals surface area (Å²) < 4.78 is 3.23. The largest absolute Gasteiger partial charge is 0.312 e. The van der Waals surface area contributed by atoms with Crippen molar-refractivity contribution < 1.29 is 0 Å². The molecule has 0 saturated heterocycles. The molecule has 0 radical (unpaired) electrons. The van der Waals surface area contributed by atoms with Crippen molar-refractivity contribution in [2.45, 2.75) is 26.1 Å². The van der Waals surface area contributed by atoms with E-state index in [2.05, 4.69) is 108 Å². The molecular weight excluding hydrogens is 486 g/mol. The molecule has 0 spiro atoms. The molecular formula is C28H26BrN5. The molecule has 5 aromatic rings. The van der Waals surface area contributed by atoms with Gasteiger partial charge in [0.1, 0.15) is 12.2 Å². The zero-order chi connectivity index (χ0) is 23.2. The van der Waals surface area contributed by atoms with Gasteiger partial charge in [0.25, 0.3) is 0 Å². The van der Waals surface area contributed by atoms with Crippen LogP contribution >= 0.6 is 15.9 Å². The van der Waals surface area contributed by atoms with Crippen LogP contribution in [0.5, 0.6) is 0 Å². The van der Waals surface area contributed by atoms with E-state index >= 15 is 0 Å². The molecule has 0 fully saturated rings. The number of aromatic nitrogens is 4. The second kappa shape index (κ2) is 10.7. The van der Waals surface area contributed by atoms with Crippen molar-refractivity contribution in [3.05, 3.63) is 124 Å². The van der Waals surface area contributed by atoms with Gasteiger partial charge in [-0.25, -0.2) is 0 Å². The number of pyridine rings is 1. The molecule has 0 saturated carbocycles. The second-order valence-electron chi connectivity index (χ2n) is 8.44. The standard InChI is InChI=1S/C28H26BrN5/c29-25-13-10-22(11-14-25)16-17-33(19-26-15-12-24-8-4-5-9-27(24)31-26)20-28-32-30-21-34(28)18-23-6-2-1-3-7-23/h1-15,21H,16-20H2. The summed E-state index contributed by atoms with van der Waals surface area (Å²) in [6, 6.07) is 31.5. The van der Waals surface area contributed by atoms with Crippen molar-refractivity contribution in [1.82, 2.24) is 24.6 Å². The molecule has 0 N–H and O–H groups in total. The fourth-order valence-corrected chi connectivity index (χ4v) is 4.36. The van der Waals surface area contributed by atoms with E-state index in [1.807, 2.05) is 24.5 Å². The van der Waals surface area contributed by atoms with Crippen LogP contribution in [0.1, 0.15) is 22.6 Å². The van der Waals surface area contributed by atoms with Crippen LogP contribution < -0.4 is 0 Å². The minimum absolute atomic E-state index is 0.706. The Hall–Kier alpha value is -3.35. The van der Waals surface area contributed by atoms with Gasteiger partial charge in [-0.15, -0.1) is 10.2 Å². The van der Waals surface area contributed by atoms with E-state index in [1.165, 1.54) is 11.1 Å². The Kier molecular flexibility index (Phi) is 7.08. The molecule has 2 aromatic heterocycles. The predicted octanol–water partition coefficient (Wildman–Crippen LogP) is 5.88. The van der Waals surface area contributed by atoms with Crippen molar-refractivity contribution in [2.24, 2.45) is 0 Å². The summed E-state index contributed by atoms with van der Waals surface area (Å²) >= 11 is 3.53. The zero-order valence-electron chi connectivity index (χ0n) is 18.9. The monoisotopic (exact) mass is 511 g/mol. The first-order chi connectivity index (χ1) is 16.7. The summed E-state index contributed by atoms with van der Waals surface area (Å²) in [7, 11) is 0. The molecule has 34 heavy (non-hydrogen) atoms. The van der Waals surface area contributed by atoms with Crippen LogP contribution in [-0.4, -0.2) is 31.2 Å². The van der Waals surface area contributed by atoms with E-state index < -0.39 is 0 Å². The molecule has 0 unspecified atom stereocenters. The topological polar surface area (TPSA) is 46.8 Å². The van der Waals surface area contributed by atoms with Crippen LogP contribution in [0.25, 0.3) is 10.9 Å². The van der Waals surface area contributed by atoms with Gasteiger partial charge in [-0.1, -0.05) is 82.7 Å². The number of benzene rings is 3. The number of rotatable bonds is 9. The third kappa shape index (κ3) is 5.76. The Bertz CT molecular complexity index is 1350. The SMILES string of the molecule is Brc1ccc(CCN(Cc2ccc3ccccc3n2)Cc2nncn2Cc2ccccc2)cc1. The maximum Gasteiger partial charge on any atom is 0.147 e. The van der Waals surface area contributed by atoms with Crippen LogP contribution in [-0.2, 0) is 26.1 Å². The van der Waals surface area contributed by atoms with Crippen LogP contribution in [0.2, 0.25) is 0 Å². The Balaban J connectivity index is 1.36. The van der Waals surface area contributed by atoms with Crippen LogP contribution in [0, 0.1) is 0 Å². The van der Waals surface area contributed by atoms with Crippen molar-refractivity contribution in [3.8, 4) is 0 Å². The summed E-state index contributed by atoms with van der Waals surface area (Å²) in [6.45, 7) is 3.11. The normalized spacial score (nSPS) is 11.4. The highest BCUT2D eigenvalue weighted by molar-refractivity contribution is 9.10. The molecule has 0 aliphatic heterocycles. The van der Waals surface area contributed by atoms with Crippen molar-refractivity contribution >= 4 is 26.8 Å². The zero-order valence-corrected chi connectivity index (χ0v) is 20.5. The third-order valence-corrected chi connectivity index (χ3v) is 6.46. The van der Waals surface area contributed by atoms with E-state index in [-0.39, 0.29) is 0 Å². The molecule has 3 aromatic carbocycles. The number of para-hydroxylation sites is 1. The summed E-state index contributed by atoms with van der Waals surface area (Å²) in [5.41, 5.74) is 4.63. The van der Waals surface area contributed by atoms with Crippen LogP contribution in [0.4, 0.5) is 0 Å². The number of hydrogen-bond acceptors (Lipinski definition) is 4. The van der Waals surface area contributed by atoms with Gasteiger partial charge in [0.05, 0.1) is 24.3 Å². The van der Waals surface area contributed by atoms with Gasteiger partial charge >= 0.3 is 0 Å². The van der Waals surface area contributed by atoms with Crippen molar-refractivity contribution in [3.63, 3.8) is 0 Å². The highest BCUT2D eigenvalue weighted by Crippen LogP contribution is 2.16. The first-order valence-corrected chi connectivity index (χ1v) is 12.2. The minimum Gasteiger partial charge on any atom is -0.312 e. The molecule has 0 amide bonds. The molecule has 0 bridgehead atoms. The Morgan fingerprint density at radius 1 is 0.765 bits per heavy atom. The summed E-state index contributed by atoms with van der Waals surface area (Å²) in [5, 5.41) is 9.83. The predicted molar refractivity (Wildman–Crippen MR) is 139 cm³/mol. The Morgan fingerprint density at radius 2 is 1.56 bits per heavy atom. The molecule has 6 heteroatoms. The molecule has 170 valence electrons. The minimum atomic E-state index is 0.706. The average molecular weight is 512 g/mol. The number of nitrogens with zero attached hydrogens (tertiary/aromatic N) is 5. The van der Waals surface area contributed by atoms with Gasteiger partial charge in [0.15, 0.2) is 0 Å². The van der Waals surface area contributed by atoms with Crippen molar-refractivity contribution in [2.75, 3.05) is 6.54 Å². The van der Waals surface area contributed by atoms with Gasteiger partial charge in [0, 0.05) is 22.9 Å². The maximum absolute atomic E-state index is 4.91. The smallest absolute Gasteiger partial charge is 0.147 e. The first-order valence-electron chi connectivity index (χ1n) is 11.4. The lowest BCUT2D eigenvalue weighted by Gasteiger charge is -2.22. The molecule has 5 rings (SSSR count). The van der Waals surface area contributed by atoms with Gasteiger partial charge in [-0.2, -0.15) is 0 Å². The average Bonchev–Trinajstić information content (AvgIpc) is 3.30. The number of fused-ring (bicyclic) bond motifs is 1. The fraction of sp³-hybridized carbons (Fsp3) is 0.179. The third-order valence-electron chi connectivity index (χ3n) is 5.93. The highest BCUT2D eigenvalue weighted by Gasteiger charge is 2.14. The van der Waals surface area contributed by atoms with Gasteiger partial charge < -0.3 is 4.57 Å². The lowest BCUT2D eigenvalue weighted by molar-refractivity contribution is 0.247. The quantitative estimate of drug-likeness (QED) is 0.248. The fourth-order valence-electron chi connectivity index (χ4n) is 4.09. The van der Waals surface area contributed by atoms with Gasteiger partial charge in [-0.05, 0) is 41.8 Å². The first kappa shape index (κ1) is 22.4.